The predicted molar refractivity (Wildman–Crippen MR) is 119 cm³/mol. The summed E-state index contributed by atoms with van der Waals surface area (Å²) in [6, 6.07) is 11.9. The van der Waals surface area contributed by atoms with Crippen LogP contribution in [0.2, 0.25) is 0 Å². The summed E-state index contributed by atoms with van der Waals surface area (Å²) in [4.78, 5) is 27.2. The van der Waals surface area contributed by atoms with Gasteiger partial charge in [0.1, 0.15) is 18.1 Å². The fraction of sp³-hybridized carbons (Fsp3) is 0.320. The number of aromatic nitrogens is 1. The van der Waals surface area contributed by atoms with Crippen molar-refractivity contribution in [3.8, 4) is 5.75 Å². The van der Waals surface area contributed by atoms with Crippen molar-refractivity contribution in [3.63, 3.8) is 0 Å². The van der Waals surface area contributed by atoms with Crippen molar-refractivity contribution >= 4 is 11.7 Å². The van der Waals surface area contributed by atoms with Gasteiger partial charge in [-0.15, -0.1) is 0 Å². The molecule has 1 amide bonds. The van der Waals surface area contributed by atoms with Crippen LogP contribution in [0.1, 0.15) is 55.8 Å². The highest BCUT2D eigenvalue weighted by Crippen LogP contribution is 2.20. The molecule has 6 heteroatoms. The average molecular weight is 421 g/mol. The van der Waals surface area contributed by atoms with E-state index < -0.39 is 6.04 Å². The Bertz CT molecular complexity index is 1080. The molecule has 0 aliphatic rings. The molecule has 1 unspecified atom stereocenters. The minimum atomic E-state index is -0.579. The maximum absolute atomic E-state index is 12.9. The number of hydrogen-bond donors (Lipinski definition) is 0. The summed E-state index contributed by atoms with van der Waals surface area (Å²) >= 11 is 0. The molecule has 31 heavy (non-hydrogen) atoms. The Morgan fingerprint density at radius 2 is 1.65 bits per heavy atom. The molecule has 3 rings (SSSR count). The second kappa shape index (κ2) is 9.16. The van der Waals surface area contributed by atoms with E-state index >= 15 is 0 Å². The molecule has 0 fully saturated rings. The van der Waals surface area contributed by atoms with Crippen LogP contribution in [0.4, 0.5) is 0 Å². The van der Waals surface area contributed by atoms with Crippen LogP contribution in [0.15, 0.2) is 47.0 Å². The number of carbonyl (C=O) groups excluding carboxylic acids is 2. The van der Waals surface area contributed by atoms with Crippen molar-refractivity contribution in [2.45, 2.75) is 47.3 Å². The van der Waals surface area contributed by atoms with Crippen LogP contribution in [0.5, 0.6) is 5.75 Å². The molecule has 0 saturated heterocycles. The van der Waals surface area contributed by atoms with Crippen LogP contribution in [-0.4, -0.2) is 34.8 Å². The van der Waals surface area contributed by atoms with Gasteiger partial charge in [0.15, 0.2) is 5.78 Å². The Labute approximate surface area is 182 Å². The van der Waals surface area contributed by atoms with Gasteiger partial charge in [-0.25, -0.2) is 0 Å². The number of hydrogen-bond acceptors (Lipinski definition) is 5. The van der Waals surface area contributed by atoms with E-state index in [1.807, 2.05) is 45.9 Å². The maximum atomic E-state index is 12.9. The normalized spacial score (nSPS) is 11.8. The Morgan fingerprint density at radius 3 is 2.23 bits per heavy atom. The highest BCUT2D eigenvalue weighted by atomic mass is 16.5. The van der Waals surface area contributed by atoms with E-state index in [4.69, 9.17) is 9.26 Å². The summed E-state index contributed by atoms with van der Waals surface area (Å²) in [6.07, 6.45) is 0. The molecule has 162 valence electrons. The van der Waals surface area contributed by atoms with Crippen molar-refractivity contribution in [3.05, 3.63) is 81.7 Å². The standard InChI is InChI=1S/C25H28N2O4/c1-15-7-8-21(13-16(15)2)24(28)18(4)27(6)25(29)20-9-11-22(12-10-20)30-14-23-17(3)26-31-19(23)5/h7-13,18H,14H2,1-6H3. The molecule has 6 nitrogen and oxygen atoms in total. The van der Waals surface area contributed by atoms with E-state index in [1.165, 1.54) is 4.90 Å². The third kappa shape index (κ3) is 4.85. The van der Waals surface area contributed by atoms with Crippen LogP contribution in [0.3, 0.4) is 0 Å². The molecular formula is C25H28N2O4. The van der Waals surface area contributed by atoms with Gasteiger partial charge in [-0.2, -0.15) is 0 Å². The molecular weight excluding hydrogens is 392 g/mol. The van der Waals surface area contributed by atoms with E-state index in [9.17, 15) is 9.59 Å². The maximum Gasteiger partial charge on any atom is 0.254 e. The first-order chi connectivity index (χ1) is 14.7. The molecule has 1 heterocycles. The number of Topliss-reactive ketones (excluding diaryl/α,β-unsaturated/α-hetero) is 1. The second-order valence-electron chi connectivity index (χ2n) is 7.87. The third-order valence-electron chi connectivity index (χ3n) is 5.74. The van der Waals surface area contributed by atoms with E-state index in [-0.39, 0.29) is 11.7 Å². The lowest BCUT2D eigenvalue weighted by Gasteiger charge is -2.24. The van der Waals surface area contributed by atoms with Crippen molar-refractivity contribution in [2.75, 3.05) is 7.05 Å². The number of rotatable bonds is 7. The Balaban J connectivity index is 1.65. The highest BCUT2D eigenvalue weighted by Gasteiger charge is 2.24. The lowest BCUT2D eigenvalue weighted by Crippen LogP contribution is -2.40. The van der Waals surface area contributed by atoms with Crippen molar-refractivity contribution in [1.29, 1.82) is 0 Å². The van der Waals surface area contributed by atoms with Gasteiger partial charge in [0, 0.05) is 18.2 Å². The first-order valence-electron chi connectivity index (χ1n) is 10.2. The average Bonchev–Trinajstić information content (AvgIpc) is 3.09. The minimum absolute atomic E-state index is 0.0848. The van der Waals surface area contributed by atoms with E-state index in [0.717, 1.165) is 28.1 Å². The summed E-state index contributed by atoms with van der Waals surface area (Å²) < 4.78 is 10.9. The summed E-state index contributed by atoms with van der Waals surface area (Å²) in [5.41, 5.74) is 5.00. The van der Waals surface area contributed by atoms with Crippen molar-refractivity contribution in [1.82, 2.24) is 10.1 Å². The summed E-state index contributed by atoms with van der Waals surface area (Å²) in [6.45, 7) is 9.78. The van der Waals surface area contributed by atoms with Crippen LogP contribution in [0, 0.1) is 27.7 Å². The van der Waals surface area contributed by atoms with E-state index in [1.54, 1.807) is 38.2 Å². The molecule has 0 aliphatic heterocycles. The van der Waals surface area contributed by atoms with E-state index in [2.05, 4.69) is 5.16 Å². The SMILES string of the molecule is Cc1ccc(C(=O)C(C)N(C)C(=O)c2ccc(OCc3c(C)noc3C)cc2)cc1C. The van der Waals surface area contributed by atoms with Crippen LogP contribution in [0.25, 0.3) is 0 Å². The van der Waals surface area contributed by atoms with Gasteiger partial charge in [0.2, 0.25) is 0 Å². The predicted octanol–water partition coefficient (Wildman–Crippen LogP) is 4.83. The molecule has 0 bridgehead atoms. The largest absolute Gasteiger partial charge is 0.489 e. The Kier molecular flexibility index (Phi) is 6.59. The topological polar surface area (TPSA) is 72.6 Å². The van der Waals surface area contributed by atoms with Gasteiger partial charge in [0.05, 0.1) is 17.3 Å². The number of ether oxygens (including phenoxy) is 1. The zero-order valence-electron chi connectivity index (χ0n) is 18.9. The highest BCUT2D eigenvalue weighted by molar-refractivity contribution is 6.04. The molecule has 1 atom stereocenters. The van der Waals surface area contributed by atoms with Crippen molar-refractivity contribution in [2.24, 2.45) is 0 Å². The number of likely N-dealkylation sites (N-methyl/N-ethyl adjacent to an activating group) is 1. The summed E-state index contributed by atoms with van der Waals surface area (Å²) in [5.74, 6) is 1.06. The van der Waals surface area contributed by atoms with E-state index in [0.29, 0.717) is 23.5 Å². The molecule has 0 N–H and O–H groups in total. The van der Waals surface area contributed by atoms with Gasteiger partial charge in [-0.1, -0.05) is 17.3 Å². The monoisotopic (exact) mass is 420 g/mol. The molecule has 0 aliphatic carbocycles. The van der Waals surface area contributed by atoms with Gasteiger partial charge in [0.25, 0.3) is 5.91 Å². The Hall–Kier alpha value is -3.41. The van der Waals surface area contributed by atoms with Crippen LogP contribution < -0.4 is 4.74 Å². The van der Waals surface area contributed by atoms with Gasteiger partial charge >= 0.3 is 0 Å². The molecule has 0 saturated carbocycles. The zero-order valence-corrected chi connectivity index (χ0v) is 18.9. The number of ketones is 1. The molecule has 0 radical (unpaired) electrons. The Morgan fingerprint density at radius 1 is 1.00 bits per heavy atom. The first-order valence-corrected chi connectivity index (χ1v) is 10.2. The lowest BCUT2D eigenvalue weighted by atomic mass is 9.99. The number of aryl methyl sites for hydroxylation is 4. The minimum Gasteiger partial charge on any atom is -0.489 e. The van der Waals surface area contributed by atoms with Gasteiger partial charge in [-0.05, 0) is 76.1 Å². The van der Waals surface area contributed by atoms with Crippen LogP contribution in [-0.2, 0) is 6.61 Å². The first kappa shape index (κ1) is 22.3. The smallest absolute Gasteiger partial charge is 0.254 e. The van der Waals surface area contributed by atoms with Gasteiger partial charge < -0.3 is 14.2 Å². The molecule has 0 spiro atoms. The number of carbonyl (C=O) groups is 2. The number of benzene rings is 2. The van der Waals surface area contributed by atoms with Gasteiger partial charge in [-0.3, -0.25) is 9.59 Å². The number of nitrogens with zero attached hydrogens (tertiary/aromatic N) is 2. The van der Waals surface area contributed by atoms with Crippen LogP contribution >= 0.6 is 0 Å². The van der Waals surface area contributed by atoms with Crippen molar-refractivity contribution < 1.29 is 18.8 Å². The fourth-order valence-corrected chi connectivity index (χ4v) is 3.25. The quantitative estimate of drug-likeness (QED) is 0.512. The molecule has 1 aromatic heterocycles. The molecule has 3 aromatic rings. The third-order valence-corrected chi connectivity index (χ3v) is 5.74. The summed E-state index contributed by atoms with van der Waals surface area (Å²) in [5, 5.41) is 3.91. The zero-order chi connectivity index (χ0) is 22.7. The summed E-state index contributed by atoms with van der Waals surface area (Å²) in [7, 11) is 1.65. The number of amides is 1. The lowest BCUT2D eigenvalue weighted by molar-refractivity contribution is 0.0675. The molecule has 2 aromatic carbocycles. The second-order valence-corrected chi connectivity index (χ2v) is 7.87. The fourth-order valence-electron chi connectivity index (χ4n) is 3.25.